The maximum absolute atomic E-state index is 12.2. The molecule has 0 spiro atoms. The highest BCUT2D eigenvalue weighted by atomic mass is 35.5. The number of rotatable bonds is 4. The van der Waals surface area contributed by atoms with Crippen LogP contribution in [0.2, 0.25) is 5.02 Å². The Morgan fingerprint density at radius 1 is 1.14 bits per heavy atom. The number of benzene rings is 2. The summed E-state index contributed by atoms with van der Waals surface area (Å²) in [6, 6.07) is 9.54. The minimum absolute atomic E-state index is 0.112. The van der Waals surface area contributed by atoms with Gasteiger partial charge in [0.15, 0.2) is 11.5 Å². The first-order valence-electron chi connectivity index (χ1n) is 6.07. The minimum Gasteiger partial charge on any atom is -0.504 e. The Bertz CT molecular complexity index is 673. The van der Waals surface area contributed by atoms with E-state index in [1.54, 1.807) is 30.3 Å². The topological polar surface area (TPSA) is 67.8 Å². The molecular weight excluding hydrogens is 294 g/mol. The van der Waals surface area contributed by atoms with Gasteiger partial charge in [-0.1, -0.05) is 17.7 Å². The van der Waals surface area contributed by atoms with Crippen molar-refractivity contribution in [3.63, 3.8) is 0 Å². The van der Waals surface area contributed by atoms with E-state index in [1.165, 1.54) is 20.3 Å². The number of hydrogen-bond acceptors (Lipinski definition) is 4. The molecule has 6 heteroatoms. The highest BCUT2D eigenvalue weighted by Crippen LogP contribution is 2.31. The summed E-state index contributed by atoms with van der Waals surface area (Å²) in [5, 5.41) is 13.0. The first kappa shape index (κ1) is 15.0. The van der Waals surface area contributed by atoms with Gasteiger partial charge in [-0.25, -0.2) is 0 Å². The SMILES string of the molecule is COc1ccc(NC(=O)c2cccc(OC)c2O)cc1Cl. The molecule has 0 aromatic heterocycles. The quantitative estimate of drug-likeness (QED) is 0.909. The maximum Gasteiger partial charge on any atom is 0.259 e. The molecule has 21 heavy (non-hydrogen) atoms. The van der Waals surface area contributed by atoms with E-state index in [1.807, 2.05) is 0 Å². The molecule has 2 aromatic rings. The molecule has 0 bridgehead atoms. The third-order valence-electron chi connectivity index (χ3n) is 2.87. The predicted molar refractivity (Wildman–Crippen MR) is 80.6 cm³/mol. The Balaban J connectivity index is 2.24. The number of phenols is 1. The zero-order valence-corrected chi connectivity index (χ0v) is 12.3. The van der Waals surface area contributed by atoms with Gasteiger partial charge in [0.05, 0.1) is 24.8 Å². The average Bonchev–Trinajstić information content (AvgIpc) is 2.47. The van der Waals surface area contributed by atoms with Crippen LogP contribution in [-0.2, 0) is 0 Å². The molecule has 2 N–H and O–H groups in total. The van der Waals surface area contributed by atoms with Crippen molar-refractivity contribution >= 4 is 23.2 Å². The number of carbonyl (C=O) groups is 1. The van der Waals surface area contributed by atoms with Gasteiger partial charge in [0, 0.05) is 5.69 Å². The van der Waals surface area contributed by atoms with Crippen LogP contribution < -0.4 is 14.8 Å². The number of anilines is 1. The van der Waals surface area contributed by atoms with Crippen LogP contribution in [0.5, 0.6) is 17.2 Å². The standard InChI is InChI=1S/C15H14ClNO4/c1-20-12-7-6-9(8-11(12)16)17-15(19)10-4-3-5-13(21-2)14(10)18/h3-8,18H,1-2H3,(H,17,19). The fraction of sp³-hybridized carbons (Fsp3) is 0.133. The van der Waals surface area contributed by atoms with Crippen molar-refractivity contribution in [2.45, 2.75) is 0 Å². The maximum atomic E-state index is 12.2. The molecule has 0 aliphatic heterocycles. The van der Waals surface area contributed by atoms with Crippen molar-refractivity contribution in [2.24, 2.45) is 0 Å². The molecule has 0 atom stereocenters. The summed E-state index contributed by atoms with van der Waals surface area (Å²) in [6.45, 7) is 0. The van der Waals surface area contributed by atoms with Gasteiger partial charge in [-0.05, 0) is 30.3 Å². The van der Waals surface area contributed by atoms with E-state index < -0.39 is 5.91 Å². The van der Waals surface area contributed by atoms with Crippen LogP contribution >= 0.6 is 11.6 Å². The van der Waals surface area contributed by atoms with Gasteiger partial charge in [0.1, 0.15) is 5.75 Å². The molecule has 0 heterocycles. The van der Waals surface area contributed by atoms with Crippen molar-refractivity contribution < 1.29 is 19.4 Å². The molecule has 2 aromatic carbocycles. The molecular formula is C15H14ClNO4. The lowest BCUT2D eigenvalue weighted by Gasteiger charge is -2.10. The third kappa shape index (κ3) is 3.20. The van der Waals surface area contributed by atoms with Crippen LogP contribution in [0.25, 0.3) is 0 Å². The monoisotopic (exact) mass is 307 g/mol. The van der Waals surface area contributed by atoms with E-state index in [4.69, 9.17) is 21.1 Å². The molecule has 0 saturated heterocycles. The third-order valence-corrected chi connectivity index (χ3v) is 3.17. The number of halogens is 1. The molecule has 0 fully saturated rings. The van der Waals surface area contributed by atoms with Crippen LogP contribution in [0.3, 0.4) is 0 Å². The normalized spacial score (nSPS) is 10.0. The van der Waals surface area contributed by atoms with Crippen LogP contribution in [0, 0.1) is 0 Å². The molecule has 1 amide bonds. The molecule has 0 saturated carbocycles. The van der Waals surface area contributed by atoms with Crippen molar-refractivity contribution in [3.05, 3.63) is 47.0 Å². The second kappa shape index (κ2) is 6.37. The first-order chi connectivity index (χ1) is 10.1. The Hall–Kier alpha value is -2.40. The molecule has 0 radical (unpaired) electrons. The van der Waals surface area contributed by atoms with Gasteiger partial charge in [-0.15, -0.1) is 0 Å². The number of amides is 1. The Kier molecular flexibility index (Phi) is 4.55. The van der Waals surface area contributed by atoms with Gasteiger partial charge < -0.3 is 19.9 Å². The first-order valence-corrected chi connectivity index (χ1v) is 6.45. The lowest BCUT2D eigenvalue weighted by Crippen LogP contribution is -2.12. The lowest BCUT2D eigenvalue weighted by atomic mass is 10.1. The summed E-state index contributed by atoms with van der Waals surface area (Å²) in [5.41, 5.74) is 0.606. The highest BCUT2D eigenvalue weighted by molar-refractivity contribution is 6.32. The summed E-state index contributed by atoms with van der Waals surface area (Å²) < 4.78 is 10.0. The van der Waals surface area contributed by atoms with Crippen molar-refractivity contribution in [2.75, 3.05) is 19.5 Å². The number of para-hydroxylation sites is 1. The largest absolute Gasteiger partial charge is 0.504 e. The van der Waals surface area contributed by atoms with Crippen molar-refractivity contribution in [3.8, 4) is 17.2 Å². The van der Waals surface area contributed by atoms with Gasteiger partial charge in [-0.3, -0.25) is 4.79 Å². The average molecular weight is 308 g/mol. The van der Waals surface area contributed by atoms with Crippen LogP contribution in [0.4, 0.5) is 5.69 Å². The lowest BCUT2D eigenvalue weighted by molar-refractivity contribution is 0.102. The van der Waals surface area contributed by atoms with Gasteiger partial charge >= 0.3 is 0 Å². The fourth-order valence-corrected chi connectivity index (χ4v) is 2.07. The van der Waals surface area contributed by atoms with Crippen LogP contribution in [0.1, 0.15) is 10.4 Å². The summed E-state index contributed by atoms with van der Waals surface area (Å²) in [4.78, 5) is 12.2. The molecule has 0 aliphatic rings. The molecule has 2 rings (SSSR count). The van der Waals surface area contributed by atoms with E-state index in [2.05, 4.69) is 5.32 Å². The van der Waals surface area contributed by atoms with Gasteiger partial charge in [0.25, 0.3) is 5.91 Å². The van der Waals surface area contributed by atoms with E-state index >= 15 is 0 Å². The van der Waals surface area contributed by atoms with Gasteiger partial charge in [0.2, 0.25) is 0 Å². The molecule has 110 valence electrons. The number of ether oxygens (including phenoxy) is 2. The van der Waals surface area contributed by atoms with Crippen LogP contribution in [0.15, 0.2) is 36.4 Å². The number of carbonyl (C=O) groups excluding carboxylic acids is 1. The van der Waals surface area contributed by atoms with Crippen LogP contribution in [-0.4, -0.2) is 25.2 Å². The molecule has 0 aliphatic carbocycles. The van der Waals surface area contributed by atoms with Crippen molar-refractivity contribution in [1.82, 2.24) is 0 Å². The van der Waals surface area contributed by atoms with Crippen molar-refractivity contribution in [1.29, 1.82) is 0 Å². The summed E-state index contributed by atoms with van der Waals surface area (Å²) in [7, 11) is 2.92. The van der Waals surface area contributed by atoms with E-state index in [0.29, 0.717) is 16.5 Å². The predicted octanol–water partition coefficient (Wildman–Crippen LogP) is 3.32. The van der Waals surface area contributed by atoms with E-state index in [0.717, 1.165) is 0 Å². The zero-order valence-electron chi connectivity index (χ0n) is 11.5. The Morgan fingerprint density at radius 2 is 1.86 bits per heavy atom. The number of methoxy groups -OCH3 is 2. The molecule has 5 nitrogen and oxygen atoms in total. The summed E-state index contributed by atoms with van der Waals surface area (Å²) in [5.74, 6) is 0.0686. The summed E-state index contributed by atoms with van der Waals surface area (Å²) in [6.07, 6.45) is 0. The number of aromatic hydroxyl groups is 1. The number of hydrogen-bond donors (Lipinski definition) is 2. The highest BCUT2D eigenvalue weighted by Gasteiger charge is 2.15. The smallest absolute Gasteiger partial charge is 0.259 e. The molecule has 0 unspecified atom stereocenters. The number of phenolic OH excluding ortho intramolecular Hbond substituents is 1. The fourth-order valence-electron chi connectivity index (χ4n) is 1.81. The second-order valence-electron chi connectivity index (χ2n) is 4.16. The Labute approximate surface area is 127 Å². The summed E-state index contributed by atoms with van der Waals surface area (Å²) >= 11 is 5.99. The zero-order chi connectivity index (χ0) is 15.4. The Morgan fingerprint density at radius 3 is 2.48 bits per heavy atom. The van der Waals surface area contributed by atoms with E-state index in [9.17, 15) is 9.90 Å². The number of nitrogens with one attached hydrogen (secondary N) is 1. The van der Waals surface area contributed by atoms with Gasteiger partial charge in [-0.2, -0.15) is 0 Å². The second-order valence-corrected chi connectivity index (χ2v) is 4.57. The minimum atomic E-state index is -0.465. The van der Waals surface area contributed by atoms with E-state index in [-0.39, 0.29) is 17.1 Å².